The second-order valence-corrected chi connectivity index (χ2v) is 8.08. The van der Waals surface area contributed by atoms with Crippen LogP contribution in [0.25, 0.3) is 0 Å². The third kappa shape index (κ3) is 3.98. The minimum atomic E-state index is 0.396. The van der Waals surface area contributed by atoms with Gasteiger partial charge >= 0.3 is 0 Å². The quantitative estimate of drug-likeness (QED) is 0.825. The van der Waals surface area contributed by atoms with Gasteiger partial charge in [0.25, 0.3) is 0 Å². The molecule has 2 aliphatic heterocycles. The lowest BCUT2D eigenvalue weighted by molar-refractivity contribution is 0.213. The fourth-order valence-electron chi connectivity index (χ4n) is 4.39. The predicted molar refractivity (Wildman–Crippen MR) is 106 cm³/mol. The summed E-state index contributed by atoms with van der Waals surface area (Å²) in [4.78, 5) is 14.1. The molecule has 4 heterocycles. The van der Waals surface area contributed by atoms with Gasteiger partial charge in [0.15, 0.2) is 0 Å². The van der Waals surface area contributed by atoms with Gasteiger partial charge in [-0.2, -0.15) is 0 Å². The first-order valence-corrected chi connectivity index (χ1v) is 10.3. The number of likely N-dealkylation sites (tertiary alicyclic amines) is 1. The van der Waals surface area contributed by atoms with Gasteiger partial charge in [-0.1, -0.05) is 6.42 Å². The molecule has 0 amide bonds. The summed E-state index contributed by atoms with van der Waals surface area (Å²) in [6, 6.07) is 0. The zero-order chi connectivity index (χ0) is 18.8. The molecule has 0 saturated carbocycles. The third-order valence-electron chi connectivity index (χ3n) is 5.95. The first kappa shape index (κ1) is 18.3. The average Bonchev–Trinajstić information content (AvgIpc) is 3.05. The number of anilines is 1. The molecule has 2 aliphatic rings. The molecule has 0 spiro atoms. The highest BCUT2D eigenvalue weighted by atomic mass is 15.3. The molecule has 0 radical (unpaired) electrons. The van der Waals surface area contributed by atoms with Crippen LogP contribution in [-0.4, -0.2) is 55.8 Å². The molecule has 0 aromatic carbocycles. The van der Waals surface area contributed by atoms with Crippen molar-refractivity contribution in [3.8, 4) is 0 Å². The summed E-state index contributed by atoms with van der Waals surface area (Å²) in [5, 5.41) is 9.14. The summed E-state index contributed by atoms with van der Waals surface area (Å²) in [5.41, 5.74) is 1.98. The van der Waals surface area contributed by atoms with Gasteiger partial charge < -0.3 is 9.47 Å². The van der Waals surface area contributed by atoms with E-state index in [0.717, 1.165) is 61.3 Å². The second kappa shape index (κ2) is 7.92. The molecule has 0 unspecified atom stereocenters. The van der Waals surface area contributed by atoms with E-state index in [4.69, 9.17) is 4.98 Å². The van der Waals surface area contributed by atoms with Gasteiger partial charge in [-0.3, -0.25) is 9.88 Å². The fraction of sp³-hybridized carbons (Fsp3) is 0.700. The molecule has 7 nitrogen and oxygen atoms in total. The molecule has 2 saturated heterocycles. The monoisotopic (exact) mass is 369 g/mol. The van der Waals surface area contributed by atoms with E-state index < -0.39 is 0 Å². The van der Waals surface area contributed by atoms with Gasteiger partial charge in [-0.15, -0.1) is 10.2 Å². The van der Waals surface area contributed by atoms with E-state index in [0.29, 0.717) is 5.92 Å². The van der Waals surface area contributed by atoms with Crippen molar-refractivity contribution in [3.63, 3.8) is 0 Å². The van der Waals surface area contributed by atoms with Crippen LogP contribution >= 0.6 is 0 Å². The van der Waals surface area contributed by atoms with Crippen LogP contribution in [-0.2, 0) is 13.6 Å². The average molecular weight is 370 g/mol. The minimum absolute atomic E-state index is 0.396. The largest absolute Gasteiger partial charge is 0.354 e. The van der Waals surface area contributed by atoms with Crippen molar-refractivity contribution in [2.45, 2.75) is 58.4 Å². The van der Waals surface area contributed by atoms with Gasteiger partial charge in [0.05, 0.1) is 17.9 Å². The molecule has 1 atom stereocenters. The van der Waals surface area contributed by atoms with Crippen molar-refractivity contribution >= 4 is 5.82 Å². The summed E-state index contributed by atoms with van der Waals surface area (Å²) in [6.07, 6.45) is 8.12. The van der Waals surface area contributed by atoms with Crippen molar-refractivity contribution in [2.75, 3.05) is 31.1 Å². The summed E-state index contributed by atoms with van der Waals surface area (Å²) in [5.74, 6) is 3.63. The number of hydrogen-bond acceptors (Lipinski definition) is 6. The lowest BCUT2D eigenvalue weighted by Gasteiger charge is -2.33. The Bertz CT molecular complexity index is 779. The van der Waals surface area contributed by atoms with Crippen LogP contribution in [0.2, 0.25) is 0 Å². The molecule has 27 heavy (non-hydrogen) atoms. The SMILES string of the molecule is Cc1cnc(C)c(N2CCC[C@H](c3nnc(CN4CCCCC4)n3C)C2)n1. The van der Waals surface area contributed by atoms with Crippen molar-refractivity contribution in [3.05, 3.63) is 29.2 Å². The van der Waals surface area contributed by atoms with Crippen molar-refractivity contribution < 1.29 is 0 Å². The van der Waals surface area contributed by atoms with Crippen LogP contribution in [0.1, 0.15) is 61.1 Å². The third-order valence-corrected chi connectivity index (χ3v) is 5.95. The topological polar surface area (TPSA) is 63.0 Å². The normalized spacial score (nSPS) is 21.6. The van der Waals surface area contributed by atoms with E-state index in [1.54, 1.807) is 0 Å². The maximum absolute atomic E-state index is 4.74. The van der Waals surface area contributed by atoms with Gasteiger partial charge in [0, 0.05) is 32.3 Å². The molecule has 0 aliphatic carbocycles. The van der Waals surface area contributed by atoms with Gasteiger partial charge in [-0.05, 0) is 52.6 Å². The van der Waals surface area contributed by atoms with E-state index in [9.17, 15) is 0 Å². The van der Waals surface area contributed by atoms with Gasteiger partial charge in [-0.25, -0.2) is 4.98 Å². The van der Waals surface area contributed by atoms with Gasteiger partial charge in [0.2, 0.25) is 0 Å². The van der Waals surface area contributed by atoms with Crippen LogP contribution in [0.5, 0.6) is 0 Å². The smallest absolute Gasteiger partial charge is 0.150 e. The van der Waals surface area contributed by atoms with E-state index in [-0.39, 0.29) is 0 Å². The summed E-state index contributed by atoms with van der Waals surface area (Å²) < 4.78 is 2.23. The highest BCUT2D eigenvalue weighted by molar-refractivity contribution is 5.44. The molecule has 2 aromatic rings. The second-order valence-electron chi connectivity index (χ2n) is 8.08. The molecule has 2 aromatic heterocycles. The minimum Gasteiger partial charge on any atom is -0.354 e. The highest BCUT2D eigenvalue weighted by Gasteiger charge is 2.28. The van der Waals surface area contributed by atoms with E-state index in [1.807, 2.05) is 20.0 Å². The predicted octanol–water partition coefficient (Wildman–Crippen LogP) is 2.59. The molecule has 0 bridgehead atoms. The molecule has 0 N–H and O–H groups in total. The molecule has 7 heteroatoms. The van der Waals surface area contributed by atoms with Crippen molar-refractivity contribution in [1.82, 2.24) is 29.6 Å². The first-order chi connectivity index (χ1) is 13.1. The van der Waals surface area contributed by atoms with E-state index in [1.165, 1.54) is 32.4 Å². The number of hydrogen-bond donors (Lipinski definition) is 0. The Morgan fingerprint density at radius 2 is 1.85 bits per heavy atom. The number of aromatic nitrogens is 5. The number of aryl methyl sites for hydroxylation is 2. The maximum Gasteiger partial charge on any atom is 0.150 e. The summed E-state index contributed by atoms with van der Waals surface area (Å²) >= 11 is 0. The van der Waals surface area contributed by atoms with Crippen molar-refractivity contribution in [1.29, 1.82) is 0 Å². The summed E-state index contributed by atoms with van der Waals surface area (Å²) in [7, 11) is 2.13. The lowest BCUT2D eigenvalue weighted by Crippen LogP contribution is -2.36. The molecular weight excluding hydrogens is 338 g/mol. The number of piperidine rings is 2. The molecular formula is C20H31N7. The number of rotatable bonds is 4. The zero-order valence-corrected chi connectivity index (χ0v) is 16.9. The fourth-order valence-corrected chi connectivity index (χ4v) is 4.39. The zero-order valence-electron chi connectivity index (χ0n) is 16.9. The molecule has 4 rings (SSSR count). The Balaban J connectivity index is 1.49. The van der Waals surface area contributed by atoms with Crippen molar-refractivity contribution in [2.24, 2.45) is 7.05 Å². The highest BCUT2D eigenvalue weighted by Crippen LogP contribution is 2.29. The van der Waals surface area contributed by atoms with E-state index >= 15 is 0 Å². The Morgan fingerprint density at radius 3 is 2.67 bits per heavy atom. The maximum atomic E-state index is 4.74. The van der Waals surface area contributed by atoms with Gasteiger partial charge in [0.1, 0.15) is 17.5 Å². The molecule has 146 valence electrons. The summed E-state index contributed by atoms with van der Waals surface area (Å²) in [6.45, 7) is 9.32. The van der Waals surface area contributed by atoms with E-state index in [2.05, 4.69) is 36.6 Å². The Kier molecular flexibility index (Phi) is 5.38. The van der Waals surface area contributed by atoms with Crippen LogP contribution < -0.4 is 4.90 Å². The standard InChI is InChI=1S/C20H31N7/c1-15-12-21-16(2)19(22-15)27-11-7-8-17(13-27)20-24-23-18(25(20)3)14-26-9-5-4-6-10-26/h12,17H,4-11,13-14H2,1-3H3/t17-/m0/s1. The first-order valence-electron chi connectivity index (χ1n) is 10.3. The number of nitrogens with zero attached hydrogens (tertiary/aromatic N) is 7. The Hall–Kier alpha value is -2.02. The van der Waals surface area contributed by atoms with Crippen LogP contribution in [0.3, 0.4) is 0 Å². The van der Waals surface area contributed by atoms with Crippen LogP contribution in [0, 0.1) is 13.8 Å². The van der Waals surface area contributed by atoms with Crippen LogP contribution in [0.4, 0.5) is 5.82 Å². The lowest BCUT2D eigenvalue weighted by atomic mass is 9.97. The Morgan fingerprint density at radius 1 is 1.04 bits per heavy atom. The Labute approximate surface area is 161 Å². The van der Waals surface area contributed by atoms with Crippen LogP contribution in [0.15, 0.2) is 6.20 Å². The molecule has 2 fully saturated rings.